The molecule has 0 radical (unpaired) electrons. The van der Waals surface area contributed by atoms with Crippen LogP contribution in [0.1, 0.15) is 22.8 Å². The maximum Gasteiger partial charge on any atom is 0.336 e. The Balaban J connectivity index is 2.17. The predicted octanol–water partition coefficient (Wildman–Crippen LogP) is 1.59. The average Bonchev–Trinajstić information content (AvgIpc) is 2.28. The number of carboxylic acids is 1. The van der Waals surface area contributed by atoms with Gasteiger partial charge >= 0.3 is 5.97 Å². The summed E-state index contributed by atoms with van der Waals surface area (Å²) < 4.78 is 5.10. The van der Waals surface area contributed by atoms with E-state index in [4.69, 9.17) is 15.6 Å². The van der Waals surface area contributed by atoms with Gasteiger partial charge < -0.3 is 20.9 Å². The predicted molar refractivity (Wildman–Crippen MR) is 70.0 cm³/mol. The lowest BCUT2D eigenvalue weighted by Crippen LogP contribution is -2.33. The number of carboxylic acid groups (broad SMARTS) is 1. The highest BCUT2D eigenvalue weighted by Gasteiger charge is 2.19. The third kappa shape index (κ3) is 2.41. The van der Waals surface area contributed by atoms with Gasteiger partial charge in [-0.15, -0.1) is 0 Å². The van der Waals surface area contributed by atoms with Gasteiger partial charge in [-0.05, 0) is 24.1 Å². The van der Waals surface area contributed by atoms with Crippen molar-refractivity contribution in [2.24, 2.45) is 5.92 Å². The van der Waals surface area contributed by atoms with Gasteiger partial charge in [0.25, 0.3) is 0 Å². The highest BCUT2D eigenvalue weighted by Crippen LogP contribution is 2.27. The summed E-state index contributed by atoms with van der Waals surface area (Å²) in [5, 5.41) is 12.3. The van der Waals surface area contributed by atoms with E-state index in [0.29, 0.717) is 23.6 Å². The molecule has 2 rings (SSSR count). The van der Waals surface area contributed by atoms with Gasteiger partial charge in [0.05, 0.1) is 30.2 Å². The first-order chi connectivity index (χ1) is 8.63. The first-order valence-electron chi connectivity index (χ1n) is 6.09. The normalized spacial score (nSPS) is 15.2. The third-order valence-electron chi connectivity index (χ3n) is 3.23. The van der Waals surface area contributed by atoms with Crippen LogP contribution in [0.5, 0.6) is 0 Å². The van der Waals surface area contributed by atoms with Crippen molar-refractivity contribution in [2.45, 2.75) is 13.3 Å². The van der Waals surface area contributed by atoms with E-state index < -0.39 is 5.97 Å². The lowest BCUT2D eigenvalue weighted by Gasteiger charge is -2.27. The molecule has 98 valence electrons. The number of ether oxygens (including phenoxy) is 1. The standard InChI is InChI=1S/C13H18N2O3/c1-2-9-10(13(16)17)3-4-11(12(9)14)15-5-8-6-18-7-8/h3-4,8,15H,2,5-7,14H2,1H3,(H,16,17). The van der Waals surface area contributed by atoms with Gasteiger partial charge in [0.2, 0.25) is 0 Å². The van der Waals surface area contributed by atoms with Crippen molar-refractivity contribution in [3.05, 3.63) is 23.3 Å². The minimum atomic E-state index is -0.933. The smallest absolute Gasteiger partial charge is 0.336 e. The fourth-order valence-electron chi connectivity index (χ4n) is 2.06. The summed E-state index contributed by atoms with van der Waals surface area (Å²) in [5.41, 5.74) is 8.35. The van der Waals surface area contributed by atoms with Gasteiger partial charge in [-0.3, -0.25) is 0 Å². The van der Waals surface area contributed by atoms with Gasteiger partial charge in [-0.2, -0.15) is 0 Å². The second-order valence-corrected chi connectivity index (χ2v) is 4.50. The second kappa shape index (κ2) is 5.27. The molecule has 1 fully saturated rings. The number of anilines is 2. The molecule has 1 aromatic carbocycles. The van der Waals surface area contributed by atoms with Crippen molar-refractivity contribution in [3.8, 4) is 0 Å². The van der Waals surface area contributed by atoms with Crippen LogP contribution < -0.4 is 11.1 Å². The number of nitrogens with two attached hydrogens (primary N) is 1. The number of rotatable bonds is 5. The number of hydrogen-bond donors (Lipinski definition) is 3. The van der Waals surface area contributed by atoms with Crippen LogP contribution in [0.3, 0.4) is 0 Å². The van der Waals surface area contributed by atoms with Crippen LogP contribution in [0.2, 0.25) is 0 Å². The van der Waals surface area contributed by atoms with Gasteiger partial charge in [0, 0.05) is 12.5 Å². The fraction of sp³-hybridized carbons (Fsp3) is 0.462. The van der Waals surface area contributed by atoms with E-state index in [0.717, 1.165) is 25.4 Å². The van der Waals surface area contributed by atoms with Crippen LogP contribution in [-0.4, -0.2) is 30.8 Å². The van der Waals surface area contributed by atoms with Crippen molar-refractivity contribution in [1.82, 2.24) is 0 Å². The molecule has 0 saturated carbocycles. The van der Waals surface area contributed by atoms with E-state index >= 15 is 0 Å². The summed E-state index contributed by atoms with van der Waals surface area (Å²) in [6.07, 6.45) is 0.607. The highest BCUT2D eigenvalue weighted by molar-refractivity contribution is 5.93. The maximum atomic E-state index is 11.1. The Morgan fingerprint density at radius 1 is 1.56 bits per heavy atom. The number of aromatic carboxylic acids is 1. The Morgan fingerprint density at radius 3 is 2.78 bits per heavy atom. The molecule has 1 aliphatic heterocycles. The zero-order valence-corrected chi connectivity index (χ0v) is 10.4. The molecule has 5 heteroatoms. The van der Waals surface area contributed by atoms with Crippen molar-refractivity contribution < 1.29 is 14.6 Å². The number of nitrogens with one attached hydrogen (secondary N) is 1. The Kier molecular flexibility index (Phi) is 3.72. The van der Waals surface area contributed by atoms with Crippen molar-refractivity contribution in [3.63, 3.8) is 0 Å². The maximum absolute atomic E-state index is 11.1. The number of hydrogen-bond acceptors (Lipinski definition) is 4. The Labute approximate surface area is 106 Å². The number of benzene rings is 1. The Hall–Kier alpha value is -1.75. The average molecular weight is 250 g/mol. The van der Waals surface area contributed by atoms with E-state index in [-0.39, 0.29) is 5.56 Å². The molecule has 0 spiro atoms. The summed E-state index contributed by atoms with van der Waals surface area (Å²) in [5.74, 6) is -0.411. The largest absolute Gasteiger partial charge is 0.478 e. The van der Waals surface area contributed by atoms with Crippen LogP contribution in [-0.2, 0) is 11.2 Å². The molecule has 5 nitrogen and oxygen atoms in total. The van der Waals surface area contributed by atoms with E-state index in [1.165, 1.54) is 0 Å². The van der Waals surface area contributed by atoms with Crippen LogP contribution >= 0.6 is 0 Å². The lowest BCUT2D eigenvalue weighted by molar-refractivity contribution is -0.0248. The summed E-state index contributed by atoms with van der Waals surface area (Å²) in [7, 11) is 0. The van der Waals surface area contributed by atoms with E-state index in [1.807, 2.05) is 6.92 Å². The highest BCUT2D eigenvalue weighted by atomic mass is 16.5. The van der Waals surface area contributed by atoms with Gasteiger partial charge in [0.1, 0.15) is 0 Å². The van der Waals surface area contributed by atoms with Crippen LogP contribution in [0.25, 0.3) is 0 Å². The minimum absolute atomic E-state index is 0.285. The quantitative estimate of drug-likeness (QED) is 0.691. The van der Waals surface area contributed by atoms with Crippen LogP contribution in [0.4, 0.5) is 11.4 Å². The van der Waals surface area contributed by atoms with E-state index in [2.05, 4.69) is 5.32 Å². The van der Waals surface area contributed by atoms with Crippen molar-refractivity contribution in [2.75, 3.05) is 30.8 Å². The Bertz CT molecular complexity index is 456. The van der Waals surface area contributed by atoms with E-state index in [1.54, 1.807) is 12.1 Å². The lowest BCUT2D eigenvalue weighted by atomic mass is 10.0. The molecule has 18 heavy (non-hydrogen) atoms. The molecule has 4 N–H and O–H groups in total. The Morgan fingerprint density at radius 2 is 2.28 bits per heavy atom. The van der Waals surface area contributed by atoms with Gasteiger partial charge in [-0.25, -0.2) is 4.79 Å². The van der Waals surface area contributed by atoms with Gasteiger partial charge in [-0.1, -0.05) is 6.92 Å². The molecule has 0 bridgehead atoms. The summed E-state index contributed by atoms with van der Waals surface area (Å²) in [6.45, 7) is 4.27. The van der Waals surface area contributed by atoms with Crippen LogP contribution in [0, 0.1) is 5.92 Å². The van der Waals surface area contributed by atoms with Crippen molar-refractivity contribution >= 4 is 17.3 Å². The molecule has 1 aliphatic rings. The monoisotopic (exact) mass is 250 g/mol. The minimum Gasteiger partial charge on any atom is -0.478 e. The summed E-state index contributed by atoms with van der Waals surface area (Å²) >= 11 is 0. The zero-order valence-electron chi connectivity index (χ0n) is 10.4. The zero-order chi connectivity index (χ0) is 13.1. The SMILES string of the molecule is CCc1c(C(=O)O)ccc(NCC2COC2)c1N. The molecule has 0 atom stereocenters. The second-order valence-electron chi connectivity index (χ2n) is 4.50. The molecule has 0 amide bonds. The first-order valence-corrected chi connectivity index (χ1v) is 6.09. The van der Waals surface area contributed by atoms with E-state index in [9.17, 15) is 4.79 Å². The van der Waals surface area contributed by atoms with Crippen LogP contribution in [0.15, 0.2) is 12.1 Å². The number of nitrogen functional groups attached to an aromatic ring is 1. The fourth-order valence-corrected chi connectivity index (χ4v) is 2.06. The van der Waals surface area contributed by atoms with Gasteiger partial charge in [0.15, 0.2) is 0 Å². The molecule has 1 saturated heterocycles. The first kappa shape index (κ1) is 12.7. The molecule has 0 aliphatic carbocycles. The van der Waals surface area contributed by atoms with Crippen molar-refractivity contribution in [1.29, 1.82) is 0 Å². The molecule has 1 aromatic rings. The third-order valence-corrected chi connectivity index (χ3v) is 3.23. The summed E-state index contributed by atoms with van der Waals surface area (Å²) in [6, 6.07) is 3.34. The molecule has 0 unspecified atom stereocenters. The summed E-state index contributed by atoms with van der Waals surface area (Å²) in [4.78, 5) is 11.1. The molecular formula is C13H18N2O3. The molecule has 1 heterocycles. The molecule has 0 aromatic heterocycles. The topological polar surface area (TPSA) is 84.6 Å². The number of carbonyl (C=O) groups is 1. The molecular weight excluding hydrogens is 232 g/mol.